The van der Waals surface area contributed by atoms with E-state index in [0.29, 0.717) is 11.1 Å². The molecule has 1 fully saturated rings. The molecule has 0 radical (unpaired) electrons. The van der Waals surface area contributed by atoms with Crippen molar-refractivity contribution in [2.24, 2.45) is 0 Å². The normalized spacial score (nSPS) is 22.8. The Morgan fingerprint density at radius 2 is 2.12 bits per heavy atom. The molecule has 1 aromatic heterocycles. The molecule has 1 saturated heterocycles. The van der Waals surface area contributed by atoms with E-state index in [1.54, 1.807) is 37.3 Å². The van der Waals surface area contributed by atoms with E-state index in [0.717, 1.165) is 0 Å². The summed E-state index contributed by atoms with van der Waals surface area (Å²) >= 11 is 0. The van der Waals surface area contributed by atoms with Crippen molar-refractivity contribution in [3.8, 4) is 0 Å². The maximum Gasteiger partial charge on any atom is 0.351 e. The van der Waals surface area contributed by atoms with Gasteiger partial charge >= 0.3 is 5.69 Å². The number of nitrogens with one attached hydrogen (secondary N) is 1. The molecule has 0 spiro atoms. The molecule has 0 aliphatic carbocycles. The van der Waals surface area contributed by atoms with Gasteiger partial charge in [0.1, 0.15) is 18.1 Å². The van der Waals surface area contributed by atoms with Gasteiger partial charge in [-0.3, -0.25) is 9.36 Å². The maximum atomic E-state index is 12.3. The molecule has 8 nitrogen and oxygen atoms in total. The quantitative estimate of drug-likeness (QED) is 0.741. The number of aliphatic hydroxyl groups excluding tert-OH is 2. The number of benzene rings is 1. The van der Waals surface area contributed by atoms with Gasteiger partial charge in [-0.1, -0.05) is 18.2 Å². The summed E-state index contributed by atoms with van der Waals surface area (Å²) in [6.45, 7) is 1.38. The molecule has 1 amide bonds. The van der Waals surface area contributed by atoms with E-state index in [-0.39, 0.29) is 24.8 Å². The molecule has 3 N–H and O–H groups in total. The Bertz CT molecular complexity index is 821. The van der Waals surface area contributed by atoms with Crippen molar-refractivity contribution < 1.29 is 19.7 Å². The number of rotatable bonds is 4. The van der Waals surface area contributed by atoms with E-state index in [4.69, 9.17) is 9.84 Å². The van der Waals surface area contributed by atoms with Crippen molar-refractivity contribution in [1.82, 2.24) is 9.55 Å². The molecule has 2 aromatic rings. The summed E-state index contributed by atoms with van der Waals surface area (Å²) in [6, 6.07) is 8.61. The molecule has 2 heterocycles. The molecule has 1 aliphatic rings. The second-order valence-corrected chi connectivity index (χ2v) is 5.90. The van der Waals surface area contributed by atoms with Crippen LogP contribution >= 0.6 is 0 Å². The van der Waals surface area contributed by atoms with Crippen molar-refractivity contribution in [2.45, 2.75) is 31.8 Å². The molecule has 1 aromatic carbocycles. The minimum Gasteiger partial charge on any atom is -0.394 e. The number of aryl methyl sites for hydroxylation is 1. The van der Waals surface area contributed by atoms with Gasteiger partial charge in [0.2, 0.25) is 0 Å². The Morgan fingerprint density at radius 3 is 2.76 bits per heavy atom. The number of hydrogen-bond donors (Lipinski definition) is 3. The van der Waals surface area contributed by atoms with Gasteiger partial charge in [0.15, 0.2) is 0 Å². The first-order chi connectivity index (χ1) is 12.0. The Kier molecular flexibility index (Phi) is 4.93. The molecule has 8 heteroatoms. The SMILES string of the molecule is Cc1cn(C2CC(O)C(CO)O2)c(=O)nc1NC(=O)c1ccccc1. The molecule has 1 aliphatic heterocycles. The highest BCUT2D eigenvalue weighted by Crippen LogP contribution is 2.27. The zero-order valence-electron chi connectivity index (χ0n) is 13.6. The summed E-state index contributed by atoms with van der Waals surface area (Å²) in [5.41, 5.74) is 0.431. The lowest BCUT2D eigenvalue weighted by Gasteiger charge is -2.16. The number of ether oxygens (including phenoxy) is 1. The lowest BCUT2D eigenvalue weighted by Crippen LogP contribution is -2.29. The average molecular weight is 345 g/mol. The number of nitrogens with zero attached hydrogens (tertiary/aromatic N) is 2. The average Bonchev–Trinajstić information content (AvgIpc) is 2.99. The topological polar surface area (TPSA) is 114 Å². The summed E-state index contributed by atoms with van der Waals surface area (Å²) < 4.78 is 6.73. The van der Waals surface area contributed by atoms with E-state index >= 15 is 0 Å². The van der Waals surface area contributed by atoms with E-state index < -0.39 is 24.1 Å². The molecule has 0 bridgehead atoms. The van der Waals surface area contributed by atoms with Gasteiger partial charge in [0.25, 0.3) is 5.91 Å². The van der Waals surface area contributed by atoms with Gasteiger partial charge in [-0.2, -0.15) is 4.98 Å². The van der Waals surface area contributed by atoms with Gasteiger partial charge in [-0.05, 0) is 19.1 Å². The predicted octanol–water partition coefficient (Wildman–Crippen LogP) is 0.445. The highest BCUT2D eigenvalue weighted by Gasteiger charge is 2.35. The minimum atomic E-state index is -0.848. The number of carbonyl (C=O) groups excluding carboxylic acids is 1. The number of anilines is 1. The number of carbonyl (C=O) groups is 1. The first-order valence-electron chi connectivity index (χ1n) is 7.90. The summed E-state index contributed by atoms with van der Waals surface area (Å²) in [5.74, 6) is -0.186. The van der Waals surface area contributed by atoms with Crippen molar-refractivity contribution in [1.29, 1.82) is 0 Å². The molecule has 3 unspecified atom stereocenters. The smallest absolute Gasteiger partial charge is 0.351 e. The van der Waals surface area contributed by atoms with Crippen LogP contribution in [0.2, 0.25) is 0 Å². The van der Waals surface area contributed by atoms with Crippen molar-refractivity contribution in [3.63, 3.8) is 0 Å². The molecule has 132 valence electrons. The van der Waals surface area contributed by atoms with Crippen molar-refractivity contribution in [2.75, 3.05) is 11.9 Å². The van der Waals surface area contributed by atoms with Crippen LogP contribution in [0.1, 0.15) is 28.6 Å². The third-order valence-electron chi connectivity index (χ3n) is 4.10. The zero-order valence-corrected chi connectivity index (χ0v) is 13.6. The van der Waals surface area contributed by atoms with Crippen LogP contribution in [0.5, 0.6) is 0 Å². The first kappa shape index (κ1) is 17.3. The Morgan fingerprint density at radius 1 is 1.40 bits per heavy atom. The van der Waals surface area contributed by atoms with E-state index in [1.165, 1.54) is 10.8 Å². The van der Waals surface area contributed by atoms with Crippen LogP contribution in [-0.4, -0.2) is 44.5 Å². The van der Waals surface area contributed by atoms with Crippen LogP contribution in [0.3, 0.4) is 0 Å². The van der Waals surface area contributed by atoms with Crippen LogP contribution in [0.15, 0.2) is 41.3 Å². The molecular weight excluding hydrogens is 326 g/mol. The highest BCUT2D eigenvalue weighted by atomic mass is 16.5. The fourth-order valence-electron chi connectivity index (χ4n) is 2.72. The molecule has 0 saturated carbocycles. The largest absolute Gasteiger partial charge is 0.394 e. The van der Waals surface area contributed by atoms with Crippen LogP contribution in [0.4, 0.5) is 5.82 Å². The fourth-order valence-corrected chi connectivity index (χ4v) is 2.72. The van der Waals surface area contributed by atoms with Crippen molar-refractivity contribution in [3.05, 3.63) is 58.1 Å². The summed E-state index contributed by atoms with van der Waals surface area (Å²) in [4.78, 5) is 28.4. The van der Waals surface area contributed by atoms with Gasteiger partial charge in [0.05, 0.1) is 12.7 Å². The Labute approximate surface area is 143 Å². The Hall–Kier alpha value is -2.55. The minimum absolute atomic E-state index is 0.173. The van der Waals surface area contributed by atoms with Gasteiger partial charge in [-0.25, -0.2) is 4.79 Å². The summed E-state index contributed by atoms with van der Waals surface area (Å²) in [5, 5.41) is 21.6. The molecular formula is C17H19N3O5. The number of aromatic nitrogens is 2. The van der Waals surface area contributed by atoms with Crippen LogP contribution in [0.25, 0.3) is 0 Å². The van der Waals surface area contributed by atoms with Crippen LogP contribution < -0.4 is 11.0 Å². The van der Waals surface area contributed by atoms with Gasteiger partial charge < -0.3 is 20.3 Å². The first-order valence-corrected chi connectivity index (χ1v) is 7.90. The lowest BCUT2D eigenvalue weighted by molar-refractivity contribution is -0.0459. The molecule has 3 atom stereocenters. The van der Waals surface area contributed by atoms with E-state index in [1.807, 2.05) is 0 Å². The maximum absolute atomic E-state index is 12.3. The third-order valence-corrected chi connectivity index (χ3v) is 4.10. The Balaban J connectivity index is 1.81. The number of hydrogen-bond acceptors (Lipinski definition) is 6. The van der Waals surface area contributed by atoms with Gasteiger partial charge in [-0.15, -0.1) is 0 Å². The monoisotopic (exact) mass is 345 g/mol. The predicted molar refractivity (Wildman–Crippen MR) is 89.2 cm³/mol. The van der Waals surface area contributed by atoms with Crippen molar-refractivity contribution >= 4 is 11.7 Å². The molecule has 3 rings (SSSR count). The van der Waals surface area contributed by atoms with Gasteiger partial charge in [0, 0.05) is 23.7 Å². The third kappa shape index (κ3) is 3.60. The summed E-state index contributed by atoms with van der Waals surface area (Å²) in [7, 11) is 0. The summed E-state index contributed by atoms with van der Waals surface area (Å²) in [6.07, 6.45) is -0.575. The second-order valence-electron chi connectivity index (χ2n) is 5.90. The highest BCUT2D eigenvalue weighted by molar-refractivity contribution is 6.03. The number of aliphatic hydroxyl groups is 2. The van der Waals surface area contributed by atoms with Crippen LogP contribution in [0, 0.1) is 6.92 Å². The fraction of sp³-hybridized carbons (Fsp3) is 0.353. The lowest BCUT2D eigenvalue weighted by atomic mass is 10.2. The van der Waals surface area contributed by atoms with E-state index in [2.05, 4.69) is 10.3 Å². The van der Waals surface area contributed by atoms with E-state index in [9.17, 15) is 14.7 Å². The van der Waals surface area contributed by atoms with Crippen LogP contribution in [-0.2, 0) is 4.74 Å². The standard InChI is InChI=1S/C17H19N3O5/c1-10-8-20(14-7-12(22)13(9-21)25-14)17(24)19-15(10)18-16(23)11-5-3-2-4-6-11/h2-6,8,12-14,21-22H,7,9H2,1H3,(H,18,19,23,24). The number of amides is 1. The second kappa shape index (κ2) is 7.14. The molecule has 25 heavy (non-hydrogen) atoms. The zero-order chi connectivity index (χ0) is 18.0.